The molecule has 3 heterocycles. The standard InChI is InChI=1S/C10H10N6S/c1-16-4-2-7(15-16)12-8-6-3-5-17-9(6)14-10(11)13-8/h2-5H,1H3,(H3,11,12,13,14,15). The molecule has 86 valence electrons. The van der Waals surface area contributed by atoms with Crippen molar-refractivity contribution in [1.82, 2.24) is 19.7 Å². The Bertz CT molecular complexity index is 670. The van der Waals surface area contributed by atoms with Crippen LogP contribution < -0.4 is 11.1 Å². The van der Waals surface area contributed by atoms with Gasteiger partial charge < -0.3 is 11.1 Å². The van der Waals surface area contributed by atoms with E-state index in [1.165, 1.54) is 11.3 Å². The number of nitrogen functional groups attached to an aromatic ring is 1. The van der Waals surface area contributed by atoms with Crippen molar-refractivity contribution < 1.29 is 0 Å². The summed E-state index contributed by atoms with van der Waals surface area (Å²) in [7, 11) is 1.86. The second-order valence-electron chi connectivity index (χ2n) is 3.57. The van der Waals surface area contributed by atoms with Crippen molar-refractivity contribution in [3.05, 3.63) is 23.7 Å². The van der Waals surface area contributed by atoms with Gasteiger partial charge in [0.1, 0.15) is 10.6 Å². The Balaban J connectivity index is 2.07. The van der Waals surface area contributed by atoms with Crippen LogP contribution in [0.2, 0.25) is 0 Å². The molecule has 0 saturated carbocycles. The summed E-state index contributed by atoms with van der Waals surface area (Å²) in [5.41, 5.74) is 5.66. The zero-order valence-electron chi connectivity index (χ0n) is 9.08. The Kier molecular flexibility index (Phi) is 2.19. The number of thiophene rings is 1. The van der Waals surface area contributed by atoms with E-state index in [2.05, 4.69) is 20.4 Å². The summed E-state index contributed by atoms with van der Waals surface area (Å²) in [5, 5.41) is 10.3. The summed E-state index contributed by atoms with van der Waals surface area (Å²) in [6, 6.07) is 3.83. The molecule has 0 aliphatic heterocycles. The number of nitrogens with two attached hydrogens (primary N) is 1. The van der Waals surface area contributed by atoms with E-state index in [0.717, 1.165) is 16.0 Å². The van der Waals surface area contributed by atoms with Crippen LogP contribution in [0.3, 0.4) is 0 Å². The molecule has 7 heteroatoms. The van der Waals surface area contributed by atoms with Crippen LogP contribution in [0.15, 0.2) is 23.7 Å². The Morgan fingerprint density at radius 2 is 2.24 bits per heavy atom. The lowest BCUT2D eigenvalue weighted by molar-refractivity contribution is 0.771. The van der Waals surface area contributed by atoms with Crippen molar-refractivity contribution in [3.8, 4) is 0 Å². The lowest BCUT2D eigenvalue weighted by Crippen LogP contribution is -2.01. The zero-order chi connectivity index (χ0) is 11.8. The third-order valence-corrected chi connectivity index (χ3v) is 3.11. The highest BCUT2D eigenvalue weighted by molar-refractivity contribution is 7.16. The highest BCUT2D eigenvalue weighted by Gasteiger charge is 2.08. The maximum Gasteiger partial charge on any atom is 0.223 e. The monoisotopic (exact) mass is 246 g/mol. The van der Waals surface area contributed by atoms with Crippen LogP contribution in [-0.4, -0.2) is 19.7 Å². The Labute approximate surface area is 101 Å². The molecular formula is C10H10N6S. The van der Waals surface area contributed by atoms with Gasteiger partial charge in [0, 0.05) is 19.3 Å². The molecule has 0 amide bonds. The van der Waals surface area contributed by atoms with Gasteiger partial charge in [-0.15, -0.1) is 11.3 Å². The molecule has 6 nitrogen and oxygen atoms in total. The van der Waals surface area contributed by atoms with Gasteiger partial charge in [0.25, 0.3) is 0 Å². The van der Waals surface area contributed by atoms with Crippen LogP contribution >= 0.6 is 11.3 Å². The lowest BCUT2D eigenvalue weighted by atomic mass is 10.4. The van der Waals surface area contributed by atoms with Gasteiger partial charge in [0.2, 0.25) is 5.95 Å². The SMILES string of the molecule is Cn1ccc(Nc2nc(N)nc3sccc23)n1. The van der Waals surface area contributed by atoms with Gasteiger partial charge in [0.15, 0.2) is 5.82 Å². The fourth-order valence-corrected chi connectivity index (χ4v) is 2.34. The Hall–Kier alpha value is -2.15. The van der Waals surface area contributed by atoms with Crippen molar-refractivity contribution in [2.24, 2.45) is 7.05 Å². The lowest BCUT2D eigenvalue weighted by Gasteiger charge is -2.04. The molecule has 0 fully saturated rings. The minimum absolute atomic E-state index is 0.262. The smallest absolute Gasteiger partial charge is 0.223 e. The molecule has 17 heavy (non-hydrogen) atoms. The molecule has 0 atom stereocenters. The van der Waals surface area contributed by atoms with E-state index >= 15 is 0 Å². The summed E-state index contributed by atoms with van der Waals surface area (Å²) in [6.45, 7) is 0. The summed E-state index contributed by atoms with van der Waals surface area (Å²) < 4.78 is 1.72. The number of fused-ring (bicyclic) bond motifs is 1. The van der Waals surface area contributed by atoms with Gasteiger partial charge in [-0.25, -0.2) is 4.98 Å². The highest BCUT2D eigenvalue weighted by Crippen LogP contribution is 2.27. The largest absolute Gasteiger partial charge is 0.368 e. The number of rotatable bonds is 2. The van der Waals surface area contributed by atoms with E-state index in [4.69, 9.17) is 5.73 Å². The third kappa shape index (κ3) is 1.80. The van der Waals surface area contributed by atoms with Crippen LogP contribution in [0.1, 0.15) is 0 Å². The fraction of sp³-hybridized carbons (Fsp3) is 0.100. The van der Waals surface area contributed by atoms with E-state index in [-0.39, 0.29) is 5.95 Å². The molecule has 0 radical (unpaired) electrons. The van der Waals surface area contributed by atoms with Crippen molar-refractivity contribution in [1.29, 1.82) is 0 Å². The fourth-order valence-electron chi connectivity index (χ4n) is 1.57. The summed E-state index contributed by atoms with van der Waals surface area (Å²) in [4.78, 5) is 9.22. The van der Waals surface area contributed by atoms with E-state index in [1.54, 1.807) is 4.68 Å². The van der Waals surface area contributed by atoms with Gasteiger partial charge in [0.05, 0.1) is 5.39 Å². The summed E-state index contributed by atoms with van der Waals surface area (Å²) >= 11 is 1.53. The van der Waals surface area contributed by atoms with Crippen molar-refractivity contribution in [3.63, 3.8) is 0 Å². The molecule has 0 bridgehead atoms. The number of aryl methyl sites for hydroxylation is 1. The highest BCUT2D eigenvalue weighted by atomic mass is 32.1. The van der Waals surface area contributed by atoms with Crippen LogP contribution in [0.5, 0.6) is 0 Å². The molecular weight excluding hydrogens is 236 g/mol. The van der Waals surface area contributed by atoms with Crippen molar-refractivity contribution in [2.45, 2.75) is 0 Å². The van der Waals surface area contributed by atoms with E-state index < -0.39 is 0 Å². The molecule has 0 aliphatic rings. The number of hydrogen-bond acceptors (Lipinski definition) is 6. The number of anilines is 3. The van der Waals surface area contributed by atoms with Gasteiger partial charge in [-0.2, -0.15) is 10.1 Å². The second-order valence-corrected chi connectivity index (χ2v) is 4.46. The van der Waals surface area contributed by atoms with Crippen LogP contribution in [0.4, 0.5) is 17.6 Å². The van der Waals surface area contributed by atoms with E-state index in [1.807, 2.05) is 30.8 Å². The number of nitrogens with zero attached hydrogens (tertiary/aromatic N) is 4. The second kappa shape index (κ2) is 3.70. The summed E-state index contributed by atoms with van der Waals surface area (Å²) in [5.74, 6) is 1.68. The third-order valence-electron chi connectivity index (χ3n) is 2.30. The number of nitrogens with one attached hydrogen (secondary N) is 1. The first-order valence-corrected chi connectivity index (χ1v) is 5.88. The Morgan fingerprint density at radius 3 is 3.00 bits per heavy atom. The van der Waals surface area contributed by atoms with E-state index in [0.29, 0.717) is 5.82 Å². The quantitative estimate of drug-likeness (QED) is 0.720. The first-order valence-electron chi connectivity index (χ1n) is 5.00. The number of hydrogen-bond donors (Lipinski definition) is 2. The molecule has 0 saturated heterocycles. The maximum atomic E-state index is 5.66. The average Bonchev–Trinajstić information content (AvgIpc) is 2.87. The maximum absolute atomic E-state index is 5.66. The zero-order valence-corrected chi connectivity index (χ0v) is 9.90. The van der Waals surface area contributed by atoms with Gasteiger partial charge in [-0.3, -0.25) is 4.68 Å². The minimum Gasteiger partial charge on any atom is -0.368 e. The van der Waals surface area contributed by atoms with Crippen LogP contribution in [0, 0.1) is 0 Å². The molecule has 3 rings (SSSR count). The van der Waals surface area contributed by atoms with Gasteiger partial charge in [-0.05, 0) is 11.4 Å². The Morgan fingerprint density at radius 1 is 1.35 bits per heavy atom. The van der Waals surface area contributed by atoms with Crippen molar-refractivity contribution >= 4 is 39.1 Å². The van der Waals surface area contributed by atoms with Crippen molar-refractivity contribution in [2.75, 3.05) is 11.1 Å². The minimum atomic E-state index is 0.262. The number of aromatic nitrogens is 4. The molecule has 3 N–H and O–H groups in total. The molecule has 0 aliphatic carbocycles. The first-order chi connectivity index (χ1) is 8.22. The van der Waals surface area contributed by atoms with E-state index in [9.17, 15) is 0 Å². The van der Waals surface area contributed by atoms with Gasteiger partial charge >= 0.3 is 0 Å². The van der Waals surface area contributed by atoms with Crippen LogP contribution in [-0.2, 0) is 7.05 Å². The van der Waals surface area contributed by atoms with Crippen LogP contribution in [0.25, 0.3) is 10.2 Å². The normalized spacial score (nSPS) is 10.9. The van der Waals surface area contributed by atoms with Gasteiger partial charge in [-0.1, -0.05) is 0 Å². The molecule has 0 spiro atoms. The molecule has 3 aromatic heterocycles. The predicted octanol–water partition coefficient (Wildman–Crippen LogP) is 1.75. The average molecular weight is 246 g/mol. The predicted molar refractivity (Wildman–Crippen MR) is 68.3 cm³/mol. The molecule has 3 aromatic rings. The molecule has 0 unspecified atom stereocenters. The summed E-state index contributed by atoms with van der Waals surface area (Å²) in [6.07, 6.45) is 1.86. The topological polar surface area (TPSA) is 81.7 Å². The first kappa shape index (κ1) is 10.0. The molecule has 0 aromatic carbocycles.